The number of hydrogen-bond acceptors (Lipinski definition) is 2. The topological polar surface area (TPSA) is 90.5 Å². The van der Waals surface area contributed by atoms with Crippen LogP contribution in [0.25, 0.3) is 0 Å². The fraction of sp³-hybridized carbons (Fsp3) is 0.300. The van der Waals surface area contributed by atoms with Crippen LogP contribution in [0.5, 0.6) is 0 Å². The molecular formula is C20H25N3O3. The summed E-state index contributed by atoms with van der Waals surface area (Å²) < 4.78 is 0. The summed E-state index contributed by atoms with van der Waals surface area (Å²) in [6, 6.07) is 17.5. The van der Waals surface area contributed by atoms with E-state index in [0.717, 1.165) is 24.8 Å². The minimum absolute atomic E-state index is 0.231. The van der Waals surface area contributed by atoms with Crippen LogP contribution >= 0.6 is 0 Å². The molecule has 0 spiro atoms. The van der Waals surface area contributed by atoms with Crippen LogP contribution in [-0.2, 0) is 12.8 Å². The Morgan fingerprint density at radius 1 is 0.808 bits per heavy atom. The first-order valence-electron chi connectivity index (χ1n) is 8.78. The molecular weight excluding hydrogens is 330 g/mol. The number of carboxylic acid groups (broad SMARTS) is 1. The number of nitrogens with one attached hydrogen (secondary N) is 3. The fourth-order valence-corrected chi connectivity index (χ4v) is 2.59. The Labute approximate surface area is 153 Å². The molecule has 2 aromatic carbocycles. The van der Waals surface area contributed by atoms with E-state index in [2.05, 4.69) is 28.1 Å². The van der Waals surface area contributed by atoms with E-state index in [1.54, 1.807) is 0 Å². The van der Waals surface area contributed by atoms with Gasteiger partial charge in [0.15, 0.2) is 0 Å². The molecule has 0 saturated carbocycles. The lowest BCUT2D eigenvalue weighted by Gasteiger charge is -2.09. The molecule has 2 rings (SSSR count). The monoisotopic (exact) mass is 355 g/mol. The standard InChI is InChI=1S/C20H25N3O3/c24-19(21-13-5-4-9-16-7-2-1-3-8-16)23-18-11-6-10-17(15-18)12-14-22-20(25)26/h1-3,6-8,10-11,15,22H,4-5,9,12-14H2,(H,25,26)(H2,21,23,24). The molecule has 4 N–H and O–H groups in total. The summed E-state index contributed by atoms with van der Waals surface area (Å²) >= 11 is 0. The van der Waals surface area contributed by atoms with E-state index in [9.17, 15) is 9.59 Å². The number of benzene rings is 2. The summed E-state index contributed by atoms with van der Waals surface area (Å²) in [5.41, 5.74) is 2.96. The highest BCUT2D eigenvalue weighted by molar-refractivity contribution is 5.89. The van der Waals surface area contributed by atoms with Gasteiger partial charge in [0.25, 0.3) is 0 Å². The molecule has 0 saturated heterocycles. The SMILES string of the molecule is O=C(O)NCCc1cccc(NC(=O)NCCCCc2ccccc2)c1. The van der Waals surface area contributed by atoms with Gasteiger partial charge in [0.2, 0.25) is 0 Å². The van der Waals surface area contributed by atoms with Crippen LogP contribution in [0.1, 0.15) is 24.0 Å². The minimum atomic E-state index is -1.04. The van der Waals surface area contributed by atoms with E-state index in [1.807, 2.05) is 42.5 Å². The van der Waals surface area contributed by atoms with Crippen LogP contribution < -0.4 is 16.0 Å². The lowest BCUT2D eigenvalue weighted by atomic mass is 10.1. The van der Waals surface area contributed by atoms with Gasteiger partial charge in [-0.2, -0.15) is 0 Å². The lowest BCUT2D eigenvalue weighted by molar-refractivity contribution is 0.194. The minimum Gasteiger partial charge on any atom is -0.465 e. The molecule has 0 heterocycles. The summed E-state index contributed by atoms with van der Waals surface area (Å²) in [7, 11) is 0. The van der Waals surface area contributed by atoms with Gasteiger partial charge in [0.1, 0.15) is 0 Å². The maximum Gasteiger partial charge on any atom is 0.404 e. The number of amides is 3. The van der Waals surface area contributed by atoms with Crippen molar-refractivity contribution < 1.29 is 14.7 Å². The maximum absolute atomic E-state index is 11.9. The van der Waals surface area contributed by atoms with Gasteiger partial charge in [0, 0.05) is 18.8 Å². The molecule has 2 aromatic rings. The third kappa shape index (κ3) is 7.70. The third-order valence-electron chi connectivity index (χ3n) is 3.90. The smallest absolute Gasteiger partial charge is 0.404 e. The maximum atomic E-state index is 11.9. The first-order chi connectivity index (χ1) is 12.6. The van der Waals surface area contributed by atoms with Crippen molar-refractivity contribution >= 4 is 17.8 Å². The van der Waals surface area contributed by atoms with Gasteiger partial charge in [-0.15, -0.1) is 0 Å². The van der Waals surface area contributed by atoms with Crippen molar-refractivity contribution in [2.24, 2.45) is 0 Å². The second-order valence-electron chi connectivity index (χ2n) is 6.01. The molecule has 0 bridgehead atoms. The second kappa shape index (κ2) is 10.8. The van der Waals surface area contributed by atoms with Crippen LogP contribution in [-0.4, -0.2) is 30.3 Å². The zero-order valence-corrected chi connectivity index (χ0v) is 14.7. The lowest BCUT2D eigenvalue weighted by Crippen LogP contribution is -2.29. The number of urea groups is 1. The first-order valence-corrected chi connectivity index (χ1v) is 8.78. The van der Waals surface area contributed by atoms with E-state index >= 15 is 0 Å². The van der Waals surface area contributed by atoms with Gasteiger partial charge in [-0.25, -0.2) is 9.59 Å². The molecule has 0 aliphatic rings. The Morgan fingerprint density at radius 2 is 1.58 bits per heavy atom. The Kier molecular flexibility index (Phi) is 7.99. The normalized spacial score (nSPS) is 10.2. The molecule has 26 heavy (non-hydrogen) atoms. The molecule has 0 aromatic heterocycles. The van der Waals surface area contributed by atoms with Crippen molar-refractivity contribution in [1.29, 1.82) is 0 Å². The van der Waals surface area contributed by atoms with Gasteiger partial charge in [-0.05, 0) is 48.9 Å². The Bertz CT molecular complexity index is 704. The van der Waals surface area contributed by atoms with E-state index < -0.39 is 6.09 Å². The van der Waals surface area contributed by atoms with Crippen LogP contribution in [0.15, 0.2) is 54.6 Å². The van der Waals surface area contributed by atoms with Gasteiger partial charge in [0.05, 0.1) is 0 Å². The molecule has 6 nitrogen and oxygen atoms in total. The van der Waals surface area contributed by atoms with E-state index in [4.69, 9.17) is 5.11 Å². The fourth-order valence-electron chi connectivity index (χ4n) is 2.59. The molecule has 0 fully saturated rings. The average molecular weight is 355 g/mol. The van der Waals surface area contributed by atoms with Crippen LogP contribution in [0, 0.1) is 0 Å². The van der Waals surface area contributed by atoms with Gasteiger partial charge >= 0.3 is 12.1 Å². The highest BCUT2D eigenvalue weighted by Gasteiger charge is 2.03. The molecule has 0 unspecified atom stereocenters. The Morgan fingerprint density at radius 3 is 2.35 bits per heavy atom. The van der Waals surface area contributed by atoms with Crippen LogP contribution in [0.4, 0.5) is 15.3 Å². The number of aryl methyl sites for hydroxylation is 1. The summed E-state index contributed by atoms with van der Waals surface area (Å²) in [6.07, 6.45) is 2.49. The van der Waals surface area contributed by atoms with Crippen molar-refractivity contribution in [1.82, 2.24) is 10.6 Å². The van der Waals surface area contributed by atoms with Crippen molar-refractivity contribution in [3.63, 3.8) is 0 Å². The molecule has 0 aliphatic carbocycles. The zero-order valence-electron chi connectivity index (χ0n) is 14.7. The predicted molar refractivity (Wildman–Crippen MR) is 103 cm³/mol. The third-order valence-corrected chi connectivity index (χ3v) is 3.90. The molecule has 3 amide bonds. The molecule has 0 aliphatic heterocycles. The van der Waals surface area contributed by atoms with Crippen LogP contribution in [0.2, 0.25) is 0 Å². The predicted octanol–water partition coefficient (Wildman–Crippen LogP) is 3.64. The van der Waals surface area contributed by atoms with Gasteiger partial charge < -0.3 is 21.1 Å². The summed E-state index contributed by atoms with van der Waals surface area (Å²) in [4.78, 5) is 22.4. The van der Waals surface area contributed by atoms with Gasteiger partial charge in [-0.3, -0.25) is 0 Å². The van der Waals surface area contributed by atoms with E-state index in [-0.39, 0.29) is 6.03 Å². The van der Waals surface area contributed by atoms with Crippen LogP contribution in [0.3, 0.4) is 0 Å². The quantitative estimate of drug-likeness (QED) is 0.518. The Balaban J connectivity index is 1.65. The molecule has 6 heteroatoms. The first kappa shape index (κ1) is 19.3. The molecule has 0 atom stereocenters. The summed E-state index contributed by atoms with van der Waals surface area (Å²) in [6.45, 7) is 0.966. The highest BCUT2D eigenvalue weighted by atomic mass is 16.4. The van der Waals surface area contributed by atoms with E-state index in [1.165, 1.54) is 5.56 Å². The highest BCUT2D eigenvalue weighted by Crippen LogP contribution is 2.11. The van der Waals surface area contributed by atoms with Crippen molar-refractivity contribution in [3.05, 3.63) is 65.7 Å². The van der Waals surface area contributed by atoms with Gasteiger partial charge in [-0.1, -0.05) is 42.5 Å². The number of rotatable bonds is 9. The zero-order chi connectivity index (χ0) is 18.6. The Hall–Kier alpha value is -3.02. The summed E-state index contributed by atoms with van der Waals surface area (Å²) in [5.74, 6) is 0. The number of carbonyl (C=O) groups is 2. The largest absolute Gasteiger partial charge is 0.465 e. The number of unbranched alkanes of at least 4 members (excludes halogenated alkanes) is 1. The molecule has 138 valence electrons. The van der Waals surface area contributed by atoms with Crippen molar-refractivity contribution in [2.45, 2.75) is 25.7 Å². The summed E-state index contributed by atoms with van der Waals surface area (Å²) in [5, 5.41) is 16.6. The number of carbonyl (C=O) groups excluding carboxylic acids is 1. The molecule has 0 radical (unpaired) electrons. The number of anilines is 1. The van der Waals surface area contributed by atoms with Crippen molar-refractivity contribution in [2.75, 3.05) is 18.4 Å². The van der Waals surface area contributed by atoms with E-state index in [0.29, 0.717) is 25.2 Å². The average Bonchev–Trinajstić information content (AvgIpc) is 2.62. The van der Waals surface area contributed by atoms with Crippen molar-refractivity contribution in [3.8, 4) is 0 Å². The second-order valence-corrected chi connectivity index (χ2v) is 6.01. The number of hydrogen-bond donors (Lipinski definition) is 4.